The third kappa shape index (κ3) is 4.69. The Morgan fingerprint density at radius 3 is 2.43 bits per heavy atom. The molecule has 0 aliphatic rings. The molecule has 5 aromatic rings. The number of carbonyl (C=O) groups is 1. The summed E-state index contributed by atoms with van der Waals surface area (Å²) in [4.78, 5) is 31.9. The molecule has 0 aliphatic heterocycles. The first kappa shape index (κ1) is 24.2. The van der Waals surface area contributed by atoms with Gasteiger partial charge in [0.2, 0.25) is 0 Å². The Labute approximate surface area is 216 Å². The predicted octanol–water partition coefficient (Wildman–Crippen LogP) is 5.39. The van der Waals surface area contributed by atoms with Gasteiger partial charge in [-0.15, -0.1) is 0 Å². The van der Waals surface area contributed by atoms with Gasteiger partial charge in [-0.2, -0.15) is 5.26 Å². The van der Waals surface area contributed by atoms with E-state index in [1.54, 1.807) is 24.5 Å². The summed E-state index contributed by atoms with van der Waals surface area (Å²) in [6, 6.07) is 12.1. The fourth-order valence-corrected chi connectivity index (χ4v) is 4.93. The number of fused-ring (bicyclic) bond motifs is 1. The number of imidazole rings is 1. The van der Waals surface area contributed by atoms with Crippen LogP contribution in [0.5, 0.6) is 0 Å². The number of hydrogen-bond acceptors (Lipinski definition) is 8. The molecule has 0 saturated carbocycles. The van der Waals surface area contributed by atoms with Crippen molar-refractivity contribution in [3.63, 3.8) is 0 Å². The Bertz CT molecular complexity index is 1650. The summed E-state index contributed by atoms with van der Waals surface area (Å²) < 4.78 is 15.4. The van der Waals surface area contributed by atoms with E-state index in [-0.39, 0.29) is 18.0 Å². The van der Waals surface area contributed by atoms with Gasteiger partial charge in [-0.05, 0) is 49.7 Å². The molecular weight excluding hydrogens is 489 g/mol. The van der Waals surface area contributed by atoms with E-state index in [4.69, 9.17) is 9.97 Å². The lowest BCUT2D eigenvalue weighted by molar-refractivity contribution is -0.116. The predicted molar refractivity (Wildman–Crippen MR) is 140 cm³/mol. The molecule has 37 heavy (non-hydrogen) atoms. The van der Waals surface area contributed by atoms with Gasteiger partial charge in [0.25, 0.3) is 0 Å². The number of Topliss-reactive ketones (excluding diaryl/α,β-unsaturated/α-hetero) is 1. The second-order valence-electron chi connectivity index (χ2n) is 8.50. The van der Waals surface area contributed by atoms with Crippen LogP contribution in [0.25, 0.3) is 28.0 Å². The Kier molecular flexibility index (Phi) is 6.46. The number of benzene rings is 1. The van der Waals surface area contributed by atoms with Gasteiger partial charge in [-0.25, -0.2) is 24.3 Å². The van der Waals surface area contributed by atoms with Crippen LogP contribution in [0.15, 0.2) is 55.0 Å². The van der Waals surface area contributed by atoms with Crippen LogP contribution in [0.3, 0.4) is 0 Å². The smallest absolute Gasteiger partial charge is 0.192 e. The normalized spacial score (nSPS) is 11.0. The minimum Gasteiger partial charge on any atom is -0.305 e. The van der Waals surface area contributed by atoms with Crippen LogP contribution in [-0.2, 0) is 17.6 Å². The lowest BCUT2D eigenvalue weighted by Gasteiger charge is -2.17. The average Bonchev–Trinajstić information content (AvgIpc) is 3.50. The number of anilines is 2. The van der Waals surface area contributed by atoms with Crippen LogP contribution in [0.4, 0.5) is 15.3 Å². The zero-order chi connectivity index (χ0) is 26.1. The lowest BCUT2D eigenvalue weighted by Crippen LogP contribution is -2.13. The van der Waals surface area contributed by atoms with Crippen molar-refractivity contribution in [1.29, 1.82) is 5.26 Å². The molecule has 0 fully saturated rings. The summed E-state index contributed by atoms with van der Waals surface area (Å²) in [5.41, 5.74) is 4.55. The number of hydrogen-bond donors (Lipinski definition) is 0. The van der Waals surface area contributed by atoms with Crippen molar-refractivity contribution < 1.29 is 9.18 Å². The summed E-state index contributed by atoms with van der Waals surface area (Å²) in [6.45, 7) is 3.55. The van der Waals surface area contributed by atoms with Gasteiger partial charge >= 0.3 is 0 Å². The molecule has 0 aliphatic carbocycles. The number of nitrogens with zero attached hydrogens (tertiary/aromatic N) is 7. The minimum atomic E-state index is -0.345. The van der Waals surface area contributed by atoms with Crippen molar-refractivity contribution in [3.8, 4) is 28.5 Å². The number of carbonyl (C=O) groups excluding carboxylic acids is 1. The Hall–Kier alpha value is -4.49. The molecule has 1 aromatic carbocycles. The highest BCUT2D eigenvalue weighted by molar-refractivity contribution is 7.16. The van der Waals surface area contributed by atoms with Crippen LogP contribution in [0.1, 0.15) is 30.2 Å². The third-order valence-electron chi connectivity index (χ3n) is 5.88. The fraction of sp³-hybridized carbons (Fsp3) is 0.185. The zero-order valence-corrected chi connectivity index (χ0v) is 21.3. The molecule has 4 aromatic heterocycles. The minimum absolute atomic E-state index is 0.0108. The van der Waals surface area contributed by atoms with E-state index in [0.29, 0.717) is 33.5 Å². The maximum absolute atomic E-state index is 13.4. The number of halogens is 1. The van der Waals surface area contributed by atoms with Crippen LogP contribution in [0, 0.1) is 17.1 Å². The number of aryl methyl sites for hydroxylation is 1. The third-order valence-corrected chi connectivity index (χ3v) is 6.92. The van der Waals surface area contributed by atoms with Crippen LogP contribution < -0.4 is 4.90 Å². The van der Waals surface area contributed by atoms with Gasteiger partial charge < -0.3 is 4.90 Å². The van der Waals surface area contributed by atoms with E-state index >= 15 is 0 Å². The van der Waals surface area contributed by atoms with Gasteiger partial charge in [-0.1, -0.05) is 18.3 Å². The molecule has 0 atom stereocenters. The molecule has 0 spiro atoms. The van der Waals surface area contributed by atoms with Crippen molar-refractivity contribution in [1.82, 2.24) is 24.3 Å². The van der Waals surface area contributed by atoms with E-state index in [1.807, 2.05) is 41.6 Å². The number of pyridine rings is 1. The lowest BCUT2D eigenvalue weighted by atomic mass is 10.1. The summed E-state index contributed by atoms with van der Waals surface area (Å²) in [5.74, 6) is 0.986. The summed E-state index contributed by atoms with van der Waals surface area (Å²) in [6.07, 6.45) is 6.29. The van der Waals surface area contributed by atoms with E-state index < -0.39 is 0 Å². The number of nitriles is 1. The highest BCUT2D eigenvalue weighted by Crippen LogP contribution is 2.37. The van der Waals surface area contributed by atoms with Crippen molar-refractivity contribution in [3.05, 3.63) is 77.2 Å². The first-order valence-electron chi connectivity index (χ1n) is 11.6. The first-order valence-corrected chi connectivity index (χ1v) is 12.4. The Morgan fingerprint density at radius 2 is 1.78 bits per heavy atom. The molecule has 4 heterocycles. The fourth-order valence-electron chi connectivity index (χ4n) is 4.08. The van der Waals surface area contributed by atoms with E-state index in [1.165, 1.54) is 30.4 Å². The van der Waals surface area contributed by atoms with Crippen LogP contribution in [0.2, 0.25) is 0 Å². The molecule has 8 nitrogen and oxygen atoms in total. The number of thiazole rings is 1. The molecule has 5 rings (SSSR count). The first-order chi connectivity index (χ1) is 17.9. The van der Waals surface area contributed by atoms with Gasteiger partial charge in [0.15, 0.2) is 5.13 Å². The molecule has 0 radical (unpaired) electrons. The van der Waals surface area contributed by atoms with E-state index in [9.17, 15) is 14.4 Å². The second-order valence-corrected chi connectivity index (χ2v) is 9.48. The second kappa shape index (κ2) is 9.87. The molecule has 0 unspecified atom stereocenters. The number of aromatic nitrogens is 5. The number of ketones is 1. The van der Waals surface area contributed by atoms with Crippen LogP contribution in [-0.4, -0.2) is 37.2 Å². The SMILES string of the molecule is CCc1nc2ccc(-c3cnc(CC(C)=O)nc3)cn2c1N(C)c1nc(-c2ccc(F)cc2)c(C#N)s1. The van der Waals surface area contributed by atoms with Gasteiger partial charge in [0.05, 0.1) is 12.1 Å². The monoisotopic (exact) mass is 511 g/mol. The maximum atomic E-state index is 13.4. The standard InChI is InChI=1S/C27H22FN7OS/c1-4-21-26(34(3)27-33-25(22(12-29)37-27)17-5-8-20(28)9-6-17)35-15-18(7-10-24(35)32-21)19-13-30-23(31-14-19)11-16(2)36/h5-10,13-15H,4,11H2,1-3H3. The summed E-state index contributed by atoms with van der Waals surface area (Å²) >= 11 is 1.27. The van der Waals surface area contributed by atoms with Crippen molar-refractivity contribution >= 4 is 33.7 Å². The quantitative estimate of drug-likeness (QED) is 0.289. The molecule has 184 valence electrons. The highest BCUT2D eigenvalue weighted by Gasteiger charge is 2.22. The van der Waals surface area contributed by atoms with Crippen LogP contribution >= 0.6 is 11.3 Å². The Morgan fingerprint density at radius 1 is 1.08 bits per heavy atom. The summed E-state index contributed by atoms with van der Waals surface area (Å²) in [7, 11) is 1.89. The zero-order valence-electron chi connectivity index (χ0n) is 20.4. The molecule has 0 amide bonds. The van der Waals surface area contributed by atoms with Gasteiger partial charge in [0, 0.05) is 42.3 Å². The van der Waals surface area contributed by atoms with Crippen molar-refractivity contribution in [2.75, 3.05) is 11.9 Å². The molecule has 0 bridgehead atoms. The maximum Gasteiger partial charge on any atom is 0.192 e. The topological polar surface area (TPSA) is 100 Å². The molecular formula is C27H22FN7OS. The number of rotatable bonds is 7. The van der Waals surface area contributed by atoms with Gasteiger partial charge in [0.1, 0.15) is 45.5 Å². The molecule has 0 N–H and O–H groups in total. The van der Waals surface area contributed by atoms with Gasteiger partial charge in [-0.3, -0.25) is 9.20 Å². The molecule has 10 heteroatoms. The van der Waals surface area contributed by atoms with E-state index in [2.05, 4.69) is 16.0 Å². The molecule has 0 saturated heterocycles. The highest BCUT2D eigenvalue weighted by atomic mass is 32.1. The van der Waals surface area contributed by atoms with E-state index in [0.717, 1.165) is 28.3 Å². The van der Waals surface area contributed by atoms with Crippen molar-refractivity contribution in [2.45, 2.75) is 26.7 Å². The largest absolute Gasteiger partial charge is 0.305 e. The average molecular weight is 512 g/mol. The van der Waals surface area contributed by atoms with Crippen molar-refractivity contribution in [2.24, 2.45) is 0 Å². The Balaban J connectivity index is 1.56. The summed E-state index contributed by atoms with van der Waals surface area (Å²) in [5, 5.41) is 10.4.